The van der Waals surface area contributed by atoms with E-state index in [0.717, 1.165) is 24.2 Å². The first-order valence-electron chi connectivity index (χ1n) is 13.5. The summed E-state index contributed by atoms with van der Waals surface area (Å²) in [5, 5.41) is 21.3. The van der Waals surface area contributed by atoms with Crippen LogP contribution in [0.5, 0.6) is 23.0 Å². The van der Waals surface area contributed by atoms with Gasteiger partial charge in [-0.25, -0.2) is 0 Å². The molecule has 5 rings (SSSR count). The van der Waals surface area contributed by atoms with Crippen LogP contribution in [0.25, 0.3) is 22.3 Å². The molecule has 4 aromatic rings. The molecule has 2 heterocycles. The molecule has 3 aromatic carbocycles. The maximum atomic E-state index is 13.1. The van der Waals surface area contributed by atoms with E-state index in [1.807, 2.05) is 42.5 Å². The first-order valence-corrected chi connectivity index (χ1v) is 13.5. The molecule has 0 bridgehead atoms. The molecule has 0 spiro atoms. The van der Waals surface area contributed by atoms with Crippen molar-refractivity contribution in [3.63, 3.8) is 0 Å². The lowest BCUT2D eigenvalue weighted by Crippen LogP contribution is -2.22. The van der Waals surface area contributed by atoms with E-state index >= 15 is 0 Å². The molecule has 0 aliphatic carbocycles. The molecular formula is C32H32O7. The predicted molar refractivity (Wildman–Crippen MR) is 149 cm³/mol. The fourth-order valence-corrected chi connectivity index (χ4v) is 5.11. The zero-order chi connectivity index (χ0) is 27.4. The molecule has 0 amide bonds. The van der Waals surface area contributed by atoms with Crippen molar-refractivity contribution in [3.8, 4) is 34.3 Å². The molecule has 0 saturated heterocycles. The van der Waals surface area contributed by atoms with Gasteiger partial charge in [0.1, 0.15) is 22.5 Å². The van der Waals surface area contributed by atoms with Crippen molar-refractivity contribution >= 4 is 16.9 Å². The van der Waals surface area contributed by atoms with E-state index < -0.39 is 28.8 Å². The van der Waals surface area contributed by atoms with Gasteiger partial charge in [0.2, 0.25) is 5.75 Å². The summed E-state index contributed by atoms with van der Waals surface area (Å²) in [6, 6.07) is 17.8. The van der Waals surface area contributed by atoms with Gasteiger partial charge in [0.15, 0.2) is 16.9 Å². The SMILES string of the molecule is CCCCCCCCOc1ccc([C@H]2CC(=O)Oc3c(O)c(O)c4c(=O)cc(-c5ccccc5)oc4c32)cc1. The van der Waals surface area contributed by atoms with Crippen LogP contribution in [0.2, 0.25) is 0 Å². The van der Waals surface area contributed by atoms with Crippen LogP contribution in [0.1, 0.15) is 68.9 Å². The topological polar surface area (TPSA) is 106 Å². The number of benzene rings is 3. The third-order valence-electron chi connectivity index (χ3n) is 7.16. The van der Waals surface area contributed by atoms with Crippen LogP contribution in [0, 0.1) is 0 Å². The molecule has 1 aromatic heterocycles. The van der Waals surface area contributed by atoms with Crippen molar-refractivity contribution in [2.75, 3.05) is 6.61 Å². The molecule has 7 heteroatoms. The van der Waals surface area contributed by atoms with Gasteiger partial charge in [-0.1, -0.05) is 81.5 Å². The summed E-state index contributed by atoms with van der Waals surface area (Å²) in [5.41, 5.74) is 1.34. The highest BCUT2D eigenvalue weighted by molar-refractivity contribution is 5.96. The van der Waals surface area contributed by atoms with Crippen LogP contribution in [0.15, 0.2) is 69.9 Å². The molecule has 0 fully saturated rings. The lowest BCUT2D eigenvalue weighted by Gasteiger charge is -2.27. The number of carbonyl (C=O) groups excluding carboxylic acids is 1. The van der Waals surface area contributed by atoms with E-state index in [4.69, 9.17) is 13.9 Å². The number of ether oxygens (including phenoxy) is 2. The second kappa shape index (κ2) is 11.6. The Morgan fingerprint density at radius 1 is 0.897 bits per heavy atom. The van der Waals surface area contributed by atoms with Crippen molar-refractivity contribution in [2.24, 2.45) is 0 Å². The average molecular weight is 529 g/mol. The van der Waals surface area contributed by atoms with E-state index in [2.05, 4.69) is 6.92 Å². The van der Waals surface area contributed by atoms with Crippen molar-refractivity contribution in [3.05, 3.63) is 82.0 Å². The Kier molecular flexibility index (Phi) is 7.87. The van der Waals surface area contributed by atoms with Gasteiger partial charge in [-0.3, -0.25) is 9.59 Å². The van der Waals surface area contributed by atoms with Crippen molar-refractivity contribution in [1.82, 2.24) is 0 Å². The van der Waals surface area contributed by atoms with Gasteiger partial charge < -0.3 is 24.1 Å². The Balaban J connectivity index is 1.49. The van der Waals surface area contributed by atoms with Crippen LogP contribution in [-0.2, 0) is 4.79 Å². The van der Waals surface area contributed by atoms with Gasteiger partial charge in [-0.05, 0) is 24.1 Å². The van der Waals surface area contributed by atoms with Gasteiger partial charge in [-0.2, -0.15) is 0 Å². The summed E-state index contributed by atoms with van der Waals surface area (Å²) in [4.78, 5) is 25.7. The van der Waals surface area contributed by atoms with E-state index in [0.29, 0.717) is 23.5 Å². The zero-order valence-corrected chi connectivity index (χ0v) is 21.9. The minimum Gasteiger partial charge on any atom is -0.504 e. The average Bonchev–Trinajstić information content (AvgIpc) is 2.95. The molecule has 0 unspecified atom stereocenters. The molecule has 1 atom stereocenters. The molecule has 0 saturated carbocycles. The Bertz CT molecular complexity index is 1520. The first-order chi connectivity index (χ1) is 19.0. The third-order valence-corrected chi connectivity index (χ3v) is 7.16. The number of hydrogen-bond donors (Lipinski definition) is 2. The fraction of sp³-hybridized carbons (Fsp3) is 0.312. The minimum atomic E-state index is -0.677. The number of esters is 1. The molecule has 1 aliphatic rings. The largest absolute Gasteiger partial charge is 0.504 e. The summed E-state index contributed by atoms with van der Waals surface area (Å²) in [7, 11) is 0. The van der Waals surface area contributed by atoms with Crippen molar-refractivity contribution in [2.45, 2.75) is 57.8 Å². The minimum absolute atomic E-state index is 0.0243. The number of phenols is 2. The predicted octanol–water partition coefficient (Wildman–Crippen LogP) is 7.05. The van der Waals surface area contributed by atoms with E-state index in [1.165, 1.54) is 31.7 Å². The highest BCUT2D eigenvalue weighted by Gasteiger charge is 2.36. The van der Waals surface area contributed by atoms with E-state index in [9.17, 15) is 19.8 Å². The number of carbonyl (C=O) groups is 1. The van der Waals surface area contributed by atoms with E-state index in [1.54, 1.807) is 12.1 Å². The summed E-state index contributed by atoms with van der Waals surface area (Å²) >= 11 is 0. The molecule has 0 radical (unpaired) electrons. The van der Waals surface area contributed by atoms with Crippen LogP contribution >= 0.6 is 0 Å². The smallest absolute Gasteiger partial charge is 0.312 e. The summed E-state index contributed by atoms with van der Waals surface area (Å²) in [6.45, 7) is 2.84. The van der Waals surface area contributed by atoms with Crippen molar-refractivity contribution in [1.29, 1.82) is 0 Å². The summed E-state index contributed by atoms with van der Waals surface area (Å²) in [5.74, 6) is -1.64. The van der Waals surface area contributed by atoms with Gasteiger partial charge in [0.25, 0.3) is 0 Å². The Morgan fingerprint density at radius 3 is 2.36 bits per heavy atom. The molecular weight excluding hydrogens is 496 g/mol. The van der Waals surface area contributed by atoms with Gasteiger partial charge >= 0.3 is 5.97 Å². The molecule has 202 valence electrons. The molecule has 7 nitrogen and oxygen atoms in total. The van der Waals surface area contributed by atoms with Gasteiger partial charge in [0.05, 0.1) is 18.6 Å². The number of aromatic hydroxyl groups is 2. The highest BCUT2D eigenvalue weighted by atomic mass is 16.5. The quantitative estimate of drug-likeness (QED) is 0.0983. The normalized spacial score (nSPS) is 14.7. The summed E-state index contributed by atoms with van der Waals surface area (Å²) in [6.07, 6.45) is 7.07. The Morgan fingerprint density at radius 2 is 1.62 bits per heavy atom. The first kappa shape index (κ1) is 26.4. The maximum absolute atomic E-state index is 13.1. The van der Waals surface area contributed by atoms with Crippen molar-refractivity contribution < 1.29 is 28.9 Å². The van der Waals surface area contributed by atoms with Gasteiger partial charge in [-0.15, -0.1) is 0 Å². The maximum Gasteiger partial charge on any atom is 0.312 e. The standard InChI is InChI=1S/C32H32O7/c1-2-3-4-5-6-10-17-37-22-15-13-20(14-16-22)23-18-26(34)39-32-27(23)31-28(29(35)30(32)36)24(33)19-25(38-31)21-11-8-7-9-12-21/h7-9,11-16,19,23,35-36H,2-6,10,17-18H2,1H3/t23-/m1/s1. The number of phenolic OH excluding ortho intramolecular Hbond substituents is 2. The lowest BCUT2D eigenvalue weighted by atomic mass is 9.84. The fourth-order valence-electron chi connectivity index (χ4n) is 5.11. The molecule has 2 N–H and O–H groups in total. The number of rotatable bonds is 10. The third kappa shape index (κ3) is 5.48. The van der Waals surface area contributed by atoms with Crippen LogP contribution < -0.4 is 14.9 Å². The number of fused-ring (bicyclic) bond motifs is 3. The van der Waals surface area contributed by atoms with Crippen LogP contribution in [0.3, 0.4) is 0 Å². The number of unbranched alkanes of at least 4 members (excludes halogenated alkanes) is 5. The van der Waals surface area contributed by atoms with Crippen LogP contribution in [-0.4, -0.2) is 22.8 Å². The number of hydrogen-bond acceptors (Lipinski definition) is 7. The van der Waals surface area contributed by atoms with Crippen LogP contribution in [0.4, 0.5) is 0 Å². The lowest BCUT2D eigenvalue weighted by molar-refractivity contribution is -0.135. The Labute approximate surface area is 226 Å². The van der Waals surface area contributed by atoms with Gasteiger partial charge in [0, 0.05) is 17.5 Å². The molecule has 1 aliphatic heterocycles. The zero-order valence-electron chi connectivity index (χ0n) is 21.9. The monoisotopic (exact) mass is 528 g/mol. The van der Waals surface area contributed by atoms with E-state index in [-0.39, 0.29) is 23.1 Å². The second-order valence-corrected chi connectivity index (χ2v) is 9.90. The second-order valence-electron chi connectivity index (χ2n) is 9.90. The molecule has 39 heavy (non-hydrogen) atoms. The highest BCUT2D eigenvalue weighted by Crippen LogP contribution is 2.52. The summed E-state index contributed by atoms with van der Waals surface area (Å²) < 4.78 is 17.5. The Hall–Kier alpha value is -4.26.